The Bertz CT molecular complexity index is 167. The van der Waals surface area contributed by atoms with Crippen molar-refractivity contribution in [2.45, 2.75) is 27.2 Å². The van der Waals surface area contributed by atoms with E-state index in [9.17, 15) is 0 Å². The van der Waals surface area contributed by atoms with E-state index >= 15 is 0 Å². The van der Waals surface area contributed by atoms with Gasteiger partial charge in [-0.2, -0.15) is 0 Å². The number of nitrogens with one attached hydrogen (secondary N) is 1. The second-order valence-electron chi connectivity index (χ2n) is 2.85. The van der Waals surface area contributed by atoms with E-state index in [1.54, 1.807) is 6.26 Å². The molecule has 0 bridgehead atoms. The van der Waals surface area contributed by atoms with Gasteiger partial charge in [-0.05, 0) is 39.0 Å². The molecule has 12 heavy (non-hydrogen) atoms. The Morgan fingerprint density at radius 1 is 1.42 bits per heavy atom. The first-order valence-electron chi connectivity index (χ1n) is 4.35. The molecular formula is C10H19NO. The molecule has 0 aliphatic carbocycles. The summed E-state index contributed by atoms with van der Waals surface area (Å²) >= 11 is 0. The van der Waals surface area contributed by atoms with Crippen LogP contribution in [0.3, 0.4) is 0 Å². The number of hydrogen-bond acceptors (Lipinski definition) is 2. The summed E-state index contributed by atoms with van der Waals surface area (Å²) in [5, 5.41) is 3.06. The van der Waals surface area contributed by atoms with Crippen LogP contribution >= 0.6 is 0 Å². The van der Waals surface area contributed by atoms with Crippen LogP contribution in [0.15, 0.2) is 23.7 Å². The van der Waals surface area contributed by atoms with Gasteiger partial charge in [-0.3, -0.25) is 0 Å². The van der Waals surface area contributed by atoms with Gasteiger partial charge in [0.25, 0.3) is 0 Å². The lowest BCUT2D eigenvalue weighted by Crippen LogP contribution is -2.12. The van der Waals surface area contributed by atoms with Gasteiger partial charge in [-0.15, -0.1) is 0 Å². The van der Waals surface area contributed by atoms with Crippen molar-refractivity contribution >= 4 is 0 Å². The molecule has 0 aromatic carbocycles. The normalized spacial score (nSPS) is 10.3. The maximum Gasteiger partial charge on any atom is 0.116 e. The Balaban J connectivity index is 3.98. The topological polar surface area (TPSA) is 21.3 Å². The van der Waals surface area contributed by atoms with Gasteiger partial charge in [0.2, 0.25) is 0 Å². The Kier molecular flexibility index (Phi) is 6.48. The standard InChI is InChI=1S/C10H19NO/c1-5-6-7-12-10(8-11-4)9(2)3/h6-7,11H,5,8H2,1-4H3/b7-6-. The van der Waals surface area contributed by atoms with E-state index in [1.165, 1.54) is 5.57 Å². The van der Waals surface area contributed by atoms with E-state index in [1.807, 2.05) is 27.0 Å². The van der Waals surface area contributed by atoms with Crippen molar-refractivity contribution in [3.8, 4) is 0 Å². The predicted molar refractivity (Wildman–Crippen MR) is 52.8 cm³/mol. The maximum absolute atomic E-state index is 5.42. The quantitative estimate of drug-likeness (QED) is 0.638. The first kappa shape index (κ1) is 11.2. The van der Waals surface area contributed by atoms with E-state index in [0.717, 1.165) is 18.7 Å². The molecule has 0 saturated carbocycles. The third-order valence-electron chi connectivity index (χ3n) is 1.44. The van der Waals surface area contributed by atoms with Gasteiger partial charge in [-0.25, -0.2) is 0 Å². The molecule has 0 heterocycles. The lowest BCUT2D eigenvalue weighted by atomic mass is 10.3. The number of hydrogen-bond donors (Lipinski definition) is 1. The van der Waals surface area contributed by atoms with Crippen molar-refractivity contribution < 1.29 is 4.74 Å². The van der Waals surface area contributed by atoms with Gasteiger partial charge in [0.15, 0.2) is 0 Å². The van der Waals surface area contributed by atoms with Gasteiger partial charge in [0.1, 0.15) is 5.76 Å². The lowest BCUT2D eigenvalue weighted by molar-refractivity contribution is 0.331. The molecule has 0 unspecified atom stereocenters. The molecule has 0 aliphatic heterocycles. The number of allylic oxidation sites excluding steroid dienone is 2. The van der Waals surface area contributed by atoms with E-state index in [-0.39, 0.29) is 0 Å². The molecule has 0 fully saturated rings. The van der Waals surface area contributed by atoms with Crippen LogP contribution in [0, 0.1) is 0 Å². The van der Waals surface area contributed by atoms with Gasteiger partial charge < -0.3 is 10.1 Å². The Morgan fingerprint density at radius 2 is 2.08 bits per heavy atom. The lowest BCUT2D eigenvalue weighted by Gasteiger charge is -2.07. The average molecular weight is 169 g/mol. The molecule has 2 heteroatoms. The Morgan fingerprint density at radius 3 is 2.50 bits per heavy atom. The maximum atomic E-state index is 5.42. The van der Waals surface area contributed by atoms with Crippen LogP contribution in [-0.2, 0) is 4.74 Å². The highest BCUT2D eigenvalue weighted by atomic mass is 16.5. The average Bonchev–Trinajstić information content (AvgIpc) is 2.03. The zero-order valence-corrected chi connectivity index (χ0v) is 8.48. The second kappa shape index (κ2) is 6.92. The van der Waals surface area contributed by atoms with Gasteiger partial charge >= 0.3 is 0 Å². The molecule has 0 rings (SSSR count). The fourth-order valence-corrected chi connectivity index (χ4v) is 0.723. The van der Waals surface area contributed by atoms with Crippen molar-refractivity contribution in [2.75, 3.05) is 13.6 Å². The highest BCUT2D eigenvalue weighted by molar-refractivity contribution is 5.05. The molecule has 70 valence electrons. The second-order valence-corrected chi connectivity index (χ2v) is 2.85. The fourth-order valence-electron chi connectivity index (χ4n) is 0.723. The van der Waals surface area contributed by atoms with E-state index in [0.29, 0.717) is 0 Å². The minimum atomic E-state index is 0.788. The van der Waals surface area contributed by atoms with Crippen LogP contribution in [0.4, 0.5) is 0 Å². The highest BCUT2D eigenvalue weighted by Gasteiger charge is 1.96. The third-order valence-corrected chi connectivity index (χ3v) is 1.44. The van der Waals surface area contributed by atoms with Crippen LogP contribution < -0.4 is 5.32 Å². The molecule has 0 radical (unpaired) electrons. The minimum Gasteiger partial charge on any atom is -0.468 e. The van der Waals surface area contributed by atoms with Crippen LogP contribution in [0.5, 0.6) is 0 Å². The largest absolute Gasteiger partial charge is 0.468 e. The van der Waals surface area contributed by atoms with Crippen molar-refractivity contribution in [3.63, 3.8) is 0 Å². The van der Waals surface area contributed by atoms with E-state index in [4.69, 9.17) is 4.74 Å². The number of rotatable bonds is 5. The molecule has 0 amide bonds. The third kappa shape index (κ3) is 4.97. The fraction of sp³-hybridized carbons (Fsp3) is 0.600. The van der Waals surface area contributed by atoms with Gasteiger partial charge in [0.05, 0.1) is 12.8 Å². The van der Waals surface area contributed by atoms with E-state index < -0.39 is 0 Å². The van der Waals surface area contributed by atoms with Crippen molar-refractivity contribution in [1.29, 1.82) is 0 Å². The minimum absolute atomic E-state index is 0.788. The summed E-state index contributed by atoms with van der Waals surface area (Å²) in [5.74, 6) is 1.00. The van der Waals surface area contributed by atoms with Crippen LogP contribution in [0.25, 0.3) is 0 Å². The van der Waals surface area contributed by atoms with Crippen molar-refractivity contribution in [1.82, 2.24) is 5.32 Å². The molecule has 0 aromatic rings. The first-order chi connectivity index (χ1) is 5.72. The van der Waals surface area contributed by atoms with Crippen LogP contribution in [-0.4, -0.2) is 13.6 Å². The predicted octanol–water partition coefficient (Wildman–Crippen LogP) is 2.44. The zero-order valence-electron chi connectivity index (χ0n) is 8.48. The monoisotopic (exact) mass is 169 g/mol. The van der Waals surface area contributed by atoms with Gasteiger partial charge in [-0.1, -0.05) is 6.92 Å². The molecule has 0 saturated heterocycles. The number of ether oxygens (including phenoxy) is 1. The summed E-state index contributed by atoms with van der Waals surface area (Å²) in [4.78, 5) is 0. The summed E-state index contributed by atoms with van der Waals surface area (Å²) in [7, 11) is 1.91. The molecule has 2 nitrogen and oxygen atoms in total. The van der Waals surface area contributed by atoms with E-state index in [2.05, 4.69) is 12.2 Å². The number of likely N-dealkylation sites (N-methyl/N-ethyl adjacent to an activating group) is 1. The Hall–Kier alpha value is -0.760. The first-order valence-corrected chi connectivity index (χ1v) is 4.35. The highest BCUT2D eigenvalue weighted by Crippen LogP contribution is 2.04. The smallest absolute Gasteiger partial charge is 0.116 e. The van der Waals surface area contributed by atoms with Crippen LogP contribution in [0.1, 0.15) is 27.2 Å². The molecule has 0 aliphatic rings. The molecule has 0 spiro atoms. The summed E-state index contributed by atoms with van der Waals surface area (Å²) in [6.07, 6.45) is 4.76. The Labute approximate surface area is 75.3 Å². The summed E-state index contributed by atoms with van der Waals surface area (Å²) in [5.41, 5.74) is 1.21. The molecular weight excluding hydrogens is 150 g/mol. The van der Waals surface area contributed by atoms with Gasteiger partial charge in [0, 0.05) is 0 Å². The molecule has 0 atom stereocenters. The molecule has 1 N–H and O–H groups in total. The zero-order chi connectivity index (χ0) is 9.40. The SMILES string of the molecule is CC/C=C\OC(CNC)=C(C)C. The molecule has 0 aromatic heterocycles. The summed E-state index contributed by atoms with van der Waals surface area (Å²) in [6, 6.07) is 0. The van der Waals surface area contributed by atoms with Crippen molar-refractivity contribution in [2.24, 2.45) is 0 Å². The van der Waals surface area contributed by atoms with Crippen molar-refractivity contribution in [3.05, 3.63) is 23.7 Å². The van der Waals surface area contributed by atoms with Crippen LogP contribution in [0.2, 0.25) is 0 Å². The summed E-state index contributed by atoms with van der Waals surface area (Å²) in [6.45, 7) is 6.97. The summed E-state index contributed by atoms with van der Waals surface area (Å²) < 4.78 is 5.42.